The van der Waals surface area contributed by atoms with Gasteiger partial charge in [0.2, 0.25) is 0 Å². The first-order chi connectivity index (χ1) is 9.17. The average Bonchev–Trinajstić information content (AvgIpc) is 2.45. The van der Waals surface area contributed by atoms with Gasteiger partial charge >= 0.3 is 0 Å². The summed E-state index contributed by atoms with van der Waals surface area (Å²) in [6.07, 6.45) is 0. The number of aromatic hydroxyl groups is 1. The summed E-state index contributed by atoms with van der Waals surface area (Å²) < 4.78 is 10.4. The maximum atomic E-state index is 9.61. The number of hydrogen-bond acceptors (Lipinski definition) is 4. The van der Waals surface area contributed by atoms with Gasteiger partial charge in [0.15, 0.2) is 11.5 Å². The Morgan fingerprint density at radius 1 is 0.947 bits per heavy atom. The van der Waals surface area contributed by atoms with Crippen LogP contribution in [0.1, 0.15) is 5.56 Å². The van der Waals surface area contributed by atoms with Crippen LogP contribution in [0.4, 0.5) is 0 Å². The predicted octanol–water partition coefficient (Wildman–Crippen LogP) is 2.95. The molecule has 0 fully saturated rings. The highest BCUT2D eigenvalue weighted by atomic mass is 16.5. The molecule has 2 aromatic carbocycles. The second-order valence-corrected chi connectivity index (χ2v) is 3.95. The van der Waals surface area contributed by atoms with Gasteiger partial charge in [-0.2, -0.15) is 5.26 Å². The molecule has 0 atom stereocenters. The van der Waals surface area contributed by atoms with Crippen molar-refractivity contribution in [1.29, 1.82) is 5.26 Å². The van der Waals surface area contributed by atoms with Gasteiger partial charge in [0.1, 0.15) is 5.75 Å². The molecule has 0 amide bonds. The fraction of sp³-hybridized carbons (Fsp3) is 0.133. The normalized spacial score (nSPS) is 9.74. The third kappa shape index (κ3) is 2.61. The molecule has 96 valence electrons. The van der Waals surface area contributed by atoms with Crippen LogP contribution in [-0.2, 0) is 0 Å². The molecular formula is C15H13NO3. The fourth-order valence-corrected chi connectivity index (χ4v) is 1.86. The first-order valence-electron chi connectivity index (χ1n) is 5.64. The smallest absolute Gasteiger partial charge is 0.161 e. The highest BCUT2D eigenvalue weighted by Crippen LogP contribution is 2.33. The molecule has 0 aliphatic heterocycles. The number of rotatable bonds is 3. The minimum Gasteiger partial charge on any atom is -0.508 e. The van der Waals surface area contributed by atoms with Crippen molar-refractivity contribution in [2.24, 2.45) is 0 Å². The van der Waals surface area contributed by atoms with E-state index in [0.717, 1.165) is 11.1 Å². The van der Waals surface area contributed by atoms with Crippen molar-refractivity contribution < 1.29 is 14.6 Å². The second kappa shape index (κ2) is 5.32. The van der Waals surface area contributed by atoms with E-state index >= 15 is 0 Å². The minimum atomic E-state index is 0.0591. The van der Waals surface area contributed by atoms with E-state index in [1.54, 1.807) is 38.5 Å². The van der Waals surface area contributed by atoms with Crippen molar-refractivity contribution in [1.82, 2.24) is 0 Å². The topological polar surface area (TPSA) is 62.5 Å². The summed E-state index contributed by atoms with van der Waals surface area (Å²) in [5.74, 6) is 1.29. The zero-order chi connectivity index (χ0) is 13.8. The lowest BCUT2D eigenvalue weighted by Crippen LogP contribution is -1.91. The molecule has 0 unspecified atom stereocenters. The number of nitrogens with zero attached hydrogens (tertiary/aromatic N) is 1. The number of benzene rings is 2. The van der Waals surface area contributed by atoms with Crippen molar-refractivity contribution in [2.75, 3.05) is 14.2 Å². The first-order valence-corrected chi connectivity index (χ1v) is 5.64. The van der Waals surface area contributed by atoms with Gasteiger partial charge < -0.3 is 14.6 Å². The Kier molecular flexibility index (Phi) is 3.58. The van der Waals surface area contributed by atoms with Gasteiger partial charge in [-0.15, -0.1) is 0 Å². The second-order valence-electron chi connectivity index (χ2n) is 3.95. The Bertz CT molecular complexity index is 644. The average molecular weight is 255 g/mol. The van der Waals surface area contributed by atoms with Crippen LogP contribution in [0.25, 0.3) is 11.1 Å². The Labute approximate surface area is 111 Å². The summed E-state index contributed by atoms with van der Waals surface area (Å²) in [5.41, 5.74) is 1.99. The van der Waals surface area contributed by atoms with Crippen LogP contribution in [0.15, 0.2) is 36.4 Å². The summed E-state index contributed by atoms with van der Waals surface area (Å²) in [4.78, 5) is 0. The molecular weight excluding hydrogens is 242 g/mol. The van der Waals surface area contributed by atoms with Crippen molar-refractivity contribution in [2.45, 2.75) is 0 Å². The standard InChI is InChI=1S/C15H13NO3/c1-18-14-4-3-11(8-15(14)19-2)12-5-10(9-16)6-13(17)7-12/h3-8,17H,1-2H3. The van der Waals surface area contributed by atoms with Gasteiger partial charge in [-0.05, 0) is 41.5 Å². The zero-order valence-corrected chi connectivity index (χ0v) is 10.7. The van der Waals surface area contributed by atoms with Crippen molar-refractivity contribution >= 4 is 0 Å². The minimum absolute atomic E-state index is 0.0591. The van der Waals surface area contributed by atoms with Crippen LogP contribution in [-0.4, -0.2) is 19.3 Å². The summed E-state index contributed by atoms with van der Waals surface area (Å²) in [5, 5.41) is 18.5. The van der Waals surface area contributed by atoms with Gasteiger partial charge in [-0.25, -0.2) is 0 Å². The maximum absolute atomic E-state index is 9.61. The van der Waals surface area contributed by atoms with E-state index in [4.69, 9.17) is 14.7 Å². The number of phenols is 1. The molecule has 19 heavy (non-hydrogen) atoms. The number of nitriles is 1. The van der Waals surface area contributed by atoms with E-state index in [1.807, 2.05) is 12.1 Å². The molecule has 0 aliphatic rings. The number of phenolic OH excluding ortho intramolecular Hbond substituents is 1. The van der Waals surface area contributed by atoms with Crippen LogP contribution in [0.5, 0.6) is 17.2 Å². The van der Waals surface area contributed by atoms with E-state index in [2.05, 4.69) is 0 Å². The van der Waals surface area contributed by atoms with E-state index in [0.29, 0.717) is 17.1 Å². The lowest BCUT2D eigenvalue weighted by atomic mass is 10.0. The molecule has 4 heteroatoms. The molecule has 4 nitrogen and oxygen atoms in total. The summed E-state index contributed by atoms with van der Waals surface area (Å²) in [6, 6.07) is 12.2. The van der Waals surface area contributed by atoms with Crippen molar-refractivity contribution in [3.8, 4) is 34.4 Å². The van der Waals surface area contributed by atoms with Crippen molar-refractivity contribution in [3.05, 3.63) is 42.0 Å². The Balaban J connectivity index is 2.53. The van der Waals surface area contributed by atoms with Gasteiger partial charge in [-0.1, -0.05) is 6.07 Å². The first kappa shape index (κ1) is 12.8. The Morgan fingerprint density at radius 3 is 2.32 bits per heavy atom. The van der Waals surface area contributed by atoms with E-state index in [1.165, 1.54) is 6.07 Å². The van der Waals surface area contributed by atoms with Crippen LogP contribution >= 0.6 is 0 Å². The summed E-state index contributed by atoms with van der Waals surface area (Å²) >= 11 is 0. The predicted molar refractivity (Wildman–Crippen MR) is 71.4 cm³/mol. The van der Waals surface area contributed by atoms with Gasteiger partial charge in [-0.3, -0.25) is 0 Å². The zero-order valence-electron chi connectivity index (χ0n) is 10.7. The molecule has 0 saturated carbocycles. The van der Waals surface area contributed by atoms with Crippen LogP contribution < -0.4 is 9.47 Å². The molecule has 0 spiro atoms. The van der Waals surface area contributed by atoms with Crippen LogP contribution in [0, 0.1) is 11.3 Å². The largest absolute Gasteiger partial charge is 0.508 e. The van der Waals surface area contributed by atoms with E-state index in [-0.39, 0.29) is 5.75 Å². The van der Waals surface area contributed by atoms with Gasteiger partial charge in [0.25, 0.3) is 0 Å². The number of methoxy groups -OCH3 is 2. The van der Waals surface area contributed by atoms with E-state index in [9.17, 15) is 5.11 Å². The molecule has 2 rings (SSSR count). The quantitative estimate of drug-likeness (QED) is 0.915. The lowest BCUT2D eigenvalue weighted by molar-refractivity contribution is 0.355. The third-order valence-electron chi connectivity index (χ3n) is 2.76. The molecule has 0 radical (unpaired) electrons. The van der Waals surface area contributed by atoms with Gasteiger partial charge in [0, 0.05) is 0 Å². The fourth-order valence-electron chi connectivity index (χ4n) is 1.86. The SMILES string of the molecule is COc1ccc(-c2cc(O)cc(C#N)c2)cc1OC. The maximum Gasteiger partial charge on any atom is 0.161 e. The third-order valence-corrected chi connectivity index (χ3v) is 2.76. The molecule has 0 heterocycles. The van der Waals surface area contributed by atoms with Crippen LogP contribution in [0.2, 0.25) is 0 Å². The monoisotopic (exact) mass is 255 g/mol. The molecule has 0 saturated heterocycles. The molecule has 0 bridgehead atoms. The Hall–Kier alpha value is -2.67. The van der Waals surface area contributed by atoms with Crippen LogP contribution in [0.3, 0.4) is 0 Å². The lowest BCUT2D eigenvalue weighted by Gasteiger charge is -2.10. The van der Waals surface area contributed by atoms with Crippen molar-refractivity contribution in [3.63, 3.8) is 0 Å². The molecule has 0 aromatic heterocycles. The van der Waals surface area contributed by atoms with Gasteiger partial charge in [0.05, 0.1) is 25.9 Å². The number of hydrogen-bond donors (Lipinski definition) is 1. The Morgan fingerprint density at radius 2 is 1.68 bits per heavy atom. The molecule has 0 aliphatic carbocycles. The number of ether oxygens (including phenoxy) is 2. The molecule has 2 aromatic rings. The van der Waals surface area contributed by atoms with E-state index < -0.39 is 0 Å². The summed E-state index contributed by atoms with van der Waals surface area (Å²) in [6.45, 7) is 0. The highest BCUT2D eigenvalue weighted by Gasteiger charge is 2.08. The molecule has 1 N–H and O–H groups in total. The highest BCUT2D eigenvalue weighted by molar-refractivity contribution is 5.70. The summed E-state index contributed by atoms with van der Waals surface area (Å²) in [7, 11) is 3.13.